The van der Waals surface area contributed by atoms with E-state index >= 15 is 0 Å². The first kappa shape index (κ1) is 13.8. The molecule has 0 unspecified atom stereocenters. The average Bonchev–Trinajstić information content (AvgIpc) is 2.46. The summed E-state index contributed by atoms with van der Waals surface area (Å²) in [6.07, 6.45) is 8.73. The van der Waals surface area contributed by atoms with E-state index in [1.54, 1.807) is 12.3 Å². The van der Waals surface area contributed by atoms with E-state index in [0.29, 0.717) is 11.7 Å². The minimum absolute atomic E-state index is 0.0473. The highest BCUT2D eigenvalue weighted by Crippen LogP contribution is 2.17. The van der Waals surface area contributed by atoms with Gasteiger partial charge in [0.25, 0.3) is 5.91 Å². The molecule has 0 saturated heterocycles. The van der Waals surface area contributed by atoms with E-state index < -0.39 is 0 Å². The average molecular weight is 261 g/mol. The summed E-state index contributed by atoms with van der Waals surface area (Å²) in [5, 5.41) is 6.32. The lowest BCUT2D eigenvalue weighted by molar-refractivity contribution is 0.0922. The summed E-state index contributed by atoms with van der Waals surface area (Å²) in [5.41, 5.74) is 1.48. The predicted octanol–water partition coefficient (Wildman–Crippen LogP) is 2.97. The molecule has 2 N–H and O–H groups in total. The first-order valence-corrected chi connectivity index (χ1v) is 7.30. The molecule has 1 fully saturated rings. The molecule has 4 heteroatoms. The van der Waals surface area contributed by atoms with Gasteiger partial charge in [-0.05, 0) is 31.4 Å². The number of hydrogen-bond acceptors (Lipinski definition) is 3. The lowest BCUT2D eigenvalue weighted by Gasteiger charge is -2.22. The van der Waals surface area contributed by atoms with E-state index in [0.717, 1.165) is 31.5 Å². The molecule has 1 amide bonds. The molecule has 1 aromatic heterocycles. The molecule has 1 aliphatic rings. The fraction of sp³-hybridized carbons (Fsp3) is 0.600. The van der Waals surface area contributed by atoms with Crippen LogP contribution in [0.25, 0.3) is 0 Å². The Morgan fingerprint density at radius 1 is 1.32 bits per heavy atom. The summed E-state index contributed by atoms with van der Waals surface area (Å²) in [6, 6.07) is 4.04. The van der Waals surface area contributed by atoms with Crippen molar-refractivity contribution in [3.63, 3.8) is 0 Å². The van der Waals surface area contributed by atoms with Crippen LogP contribution in [0.5, 0.6) is 0 Å². The van der Waals surface area contributed by atoms with Crippen LogP contribution in [0.3, 0.4) is 0 Å². The lowest BCUT2D eigenvalue weighted by Crippen LogP contribution is -2.36. The molecule has 0 bridgehead atoms. The lowest BCUT2D eigenvalue weighted by atomic mass is 9.95. The molecule has 1 aliphatic carbocycles. The number of pyridine rings is 1. The number of nitrogens with zero attached hydrogens (tertiary/aromatic N) is 1. The highest BCUT2D eigenvalue weighted by atomic mass is 16.1. The summed E-state index contributed by atoms with van der Waals surface area (Å²) in [5.74, 6) is -0.0473. The standard InChI is InChI=1S/C15H23N3O/c1-2-10-16-13-8-9-14(17-11-13)15(19)18-12-6-4-3-5-7-12/h8-9,11-12,16H,2-7,10H2,1H3,(H,18,19). The van der Waals surface area contributed by atoms with Gasteiger partial charge in [0.2, 0.25) is 0 Å². The SMILES string of the molecule is CCCNc1ccc(C(=O)NC2CCCCC2)nc1. The second-order valence-electron chi connectivity index (χ2n) is 5.17. The van der Waals surface area contributed by atoms with Gasteiger partial charge in [-0.2, -0.15) is 0 Å². The maximum Gasteiger partial charge on any atom is 0.270 e. The van der Waals surface area contributed by atoms with Crippen molar-refractivity contribution in [2.24, 2.45) is 0 Å². The first-order chi connectivity index (χ1) is 9.29. The van der Waals surface area contributed by atoms with Gasteiger partial charge in [0.15, 0.2) is 0 Å². The van der Waals surface area contributed by atoms with Gasteiger partial charge in [0, 0.05) is 12.6 Å². The molecular formula is C15H23N3O. The molecule has 104 valence electrons. The van der Waals surface area contributed by atoms with Crippen LogP contribution in [0.4, 0.5) is 5.69 Å². The van der Waals surface area contributed by atoms with Crippen molar-refractivity contribution in [1.29, 1.82) is 0 Å². The van der Waals surface area contributed by atoms with E-state index in [9.17, 15) is 4.79 Å². The number of rotatable bonds is 5. The van der Waals surface area contributed by atoms with Crippen LogP contribution in [-0.2, 0) is 0 Å². The minimum Gasteiger partial charge on any atom is -0.384 e. The van der Waals surface area contributed by atoms with Crippen LogP contribution in [0, 0.1) is 0 Å². The fourth-order valence-corrected chi connectivity index (χ4v) is 2.41. The van der Waals surface area contributed by atoms with Crippen LogP contribution >= 0.6 is 0 Å². The molecule has 0 radical (unpaired) electrons. The van der Waals surface area contributed by atoms with E-state index in [1.165, 1.54) is 19.3 Å². The molecule has 4 nitrogen and oxygen atoms in total. The molecule has 0 aromatic carbocycles. The number of amides is 1. The number of carbonyl (C=O) groups excluding carboxylic acids is 1. The zero-order chi connectivity index (χ0) is 13.5. The Labute approximate surface area is 115 Å². The Morgan fingerprint density at radius 2 is 2.11 bits per heavy atom. The Kier molecular flexibility index (Phi) is 5.19. The zero-order valence-corrected chi connectivity index (χ0v) is 11.6. The van der Waals surface area contributed by atoms with E-state index in [-0.39, 0.29) is 5.91 Å². The van der Waals surface area contributed by atoms with Crippen LogP contribution in [0.15, 0.2) is 18.3 Å². The first-order valence-electron chi connectivity index (χ1n) is 7.30. The molecule has 0 atom stereocenters. The maximum atomic E-state index is 12.0. The summed E-state index contributed by atoms with van der Waals surface area (Å²) >= 11 is 0. The third-order valence-corrected chi connectivity index (χ3v) is 3.52. The Bertz CT molecular complexity index is 396. The quantitative estimate of drug-likeness (QED) is 0.856. The molecule has 1 heterocycles. The molecule has 0 aliphatic heterocycles. The Morgan fingerprint density at radius 3 is 2.74 bits per heavy atom. The van der Waals surface area contributed by atoms with Crippen LogP contribution in [-0.4, -0.2) is 23.5 Å². The van der Waals surface area contributed by atoms with Crippen molar-refractivity contribution in [2.45, 2.75) is 51.5 Å². The third-order valence-electron chi connectivity index (χ3n) is 3.52. The van der Waals surface area contributed by atoms with Crippen LogP contribution in [0.2, 0.25) is 0 Å². The normalized spacial score (nSPS) is 16.1. The van der Waals surface area contributed by atoms with E-state index in [2.05, 4.69) is 22.5 Å². The van der Waals surface area contributed by atoms with Crippen LogP contribution < -0.4 is 10.6 Å². The number of hydrogen-bond donors (Lipinski definition) is 2. The van der Waals surface area contributed by atoms with Gasteiger partial charge in [-0.3, -0.25) is 4.79 Å². The summed E-state index contributed by atoms with van der Waals surface area (Å²) in [7, 11) is 0. The van der Waals surface area contributed by atoms with Crippen molar-refractivity contribution < 1.29 is 4.79 Å². The number of nitrogens with one attached hydrogen (secondary N) is 2. The number of anilines is 1. The van der Waals surface area contributed by atoms with E-state index in [1.807, 2.05) is 6.07 Å². The topological polar surface area (TPSA) is 54.0 Å². The zero-order valence-electron chi connectivity index (χ0n) is 11.6. The molecule has 2 rings (SSSR count). The fourth-order valence-electron chi connectivity index (χ4n) is 2.41. The summed E-state index contributed by atoms with van der Waals surface area (Å²) in [6.45, 7) is 3.04. The van der Waals surface area contributed by atoms with E-state index in [4.69, 9.17) is 0 Å². The van der Waals surface area contributed by atoms with Gasteiger partial charge in [-0.15, -0.1) is 0 Å². The van der Waals surface area contributed by atoms with Gasteiger partial charge in [-0.25, -0.2) is 4.98 Å². The predicted molar refractivity (Wildman–Crippen MR) is 77.4 cm³/mol. The number of carbonyl (C=O) groups is 1. The molecule has 0 spiro atoms. The minimum atomic E-state index is -0.0473. The highest BCUT2D eigenvalue weighted by molar-refractivity contribution is 5.92. The molecule has 19 heavy (non-hydrogen) atoms. The number of aromatic nitrogens is 1. The summed E-state index contributed by atoms with van der Waals surface area (Å²) < 4.78 is 0. The van der Waals surface area contributed by atoms with Gasteiger partial charge in [0.1, 0.15) is 5.69 Å². The van der Waals surface area contributed by atoms with Crippen molar-refractivity contribution in [3.8, 4) is 0 Å². The third kappa shape index (κ3) is 4.23. The van der Waals surface area contributed by atoms with Crippen molar-refractivity contribution in [1.82, 2.24) is 10.3 Å². The second kappa shape index (κ2) is 7.12. The van der Waals surface area contributed by atoms with Gasteiger partial charge < -0.3 is 10.6 Å². The van der Waals surface area contributed by atoms with Gasteiger partial charge in [0.05, 0.1) is 11.9 Å². The largest absolute Gasteiger partial charge is 0.384 e. The highest BCUT2D eigenvalue weighted by Gasteiger charge is 2.17. The smallest absolute Gasteiger partial charge is 0.270 e. The van der Waals surface area contributed by atoms with Crippen molar-refractivity contribution >= 4 is 11.6 Å². The monoisotopic (exact) mass is 261 g/mol. The summed E-state index contributed by atoms with van der Waals surface area (Å²) in [4.78, 5) is 16.3. The Balaban J connectivity index is 1.87. The van der Waals surface area contributed by atoms with Crippen LogP contribution in [0.1, 0.15) is 55.9 Å². The van der Waals surface area contributed by atoms with Gasteiger partial charge >= 0.3 is 0 Å². The molecule has 1 saturated carbocycles. The van der Waals surface area contributed by atoms with Gasteiger partial charge in [-0.1, -0.05) is 26.2 Å². The van der Waals surface area contributed by atoms with Crippen molar-refractivity contribution in [3.05, 3.63) is 24.0 Å². The molecular weight excluding hydrogens is 238 g/mol. The maximum absolute atomic E-state index is 12.0. The van der Waals surface area contributed by atoms with Crippen molar-refractivity contribution in [2.75, 3.05) is 11.9 Å². The Hall–Kier alpha value is -1.58. The molecule has 1 aromatic rings. The second-order valence-corrected chi connectivity index (χ2v) is 5.17.